The molecule has 1 rings (SSSR count). The molecule has 1 aromatic heterocycles. The Balaban J connectivity index is 2.85. The highest BCUT2D eigenvalue weighted by molar-refractivity contribution is 7.08. The van der Waals surface area contributed by atoms with Crippen LogP contribution in [0.2, 0.25) is 0 Å². The molecule has 0 bridgehead atoms. The number of hydrogen-bond acceptors (Lipinski definition) is 4. The minimum absolute atomic E-state index is 0.0387. The zero-order valence-corrected chi connectivity index (χ0v) is 11.1. The van der Waals surface area contributed by atoms with Crippen LogP contribution < -0.4 is 0 Å². The molecule has 5 heteroatoms. The Morgan fingerprint density at radius 1 is 1.47 bits per heavy atom. The summed E-state index contributed by atoms with van der Waals surface area (Å²) in [4.78, 5) is 14.6. The molecule has 92 valence electrons. The first kappa shape index (κ1) is 13.7. The van der Waals surface area contributed by atoms with Crippen LogP contribution in [0.15, 0.2) is 0 Å². The van der Waals surface area contributed by atoms with Crippen molar-refractivity contribution in [3.8, 4) is 12.3 Å². The SMILES string of the molecule is C#CCN(CCC)C(=O)c1snnc1CCC. The van der Waals surface area contributed by atoms with Gasteiger partial charge in [0, 0.05) is 6.54 Å². The van der Waals surface area contributed by atoms with E-state index in [9.17, 15) is 4.79 Å². The molecular formula is C12H17N3OS. The lowest BCUT2D eigenvalue weighted by Crippen LogP contribution is -2.32. The first-order chi connectivity index (χ1) is 8.24. The molecule has 0 aliphatic rings. The molecule has 0 spiro atoms. The van der Waals surface area contributed by atoms with Gasteiger partial charge in [-0.15, -0.1) is 11.5 Å². The van der Waals surface area contributed by atoms with E-state index in [0.717, 1.165) is 36.5 Å². The Labute approximate surface area is 106 Å². The number of amides is 1. The van der Waals surface area contributed by atoms with E-state index in [1.54, 1.807) is 4.90 Å². The van der Waals surface area contributed by atoms with Gasteiger partial charge in [-0.2, -0.15) is 0 Å². The van der Waals surface area contributed by atoms with Crippen molar-refractivity contribution in [2.24, 2.45) is 0 Å². The third-order valence-corrected chi connectivity index (χ3v) is 3.06. The zero-order valence-electron chi connectivity index (χ0n) is 10.3. The average molecular weight is 251 g/mol. The van der Waals surface area contributed by atoms with Crippen LogP contribution in [-0.2, 0) is 6.42 Å². The Kier molecular flexibility index (Phi) is 5.64. The summed E-state index contributed by atoms with van der Waals surface area (Å²) in [6.45, 7) is 5.09. The number of carbonyl (C=O) groups is 1. The quantitative estimate of drug-likeness (QED) is 0.726. The number of terminal acetylenes is 1. The van der Waals surface area contributed by atoms with Crippen molar-refractivity contribution >= 4 is 17.4 Å². The largest absolute Gasteiger partial charge is 0.327 e. The van der Waals surface area contributed by atoms with Crippen molar-refractivity contribution in [3.05, 3.63) is 10.6 Å². The number of rotatable bonds is 6. The number of nitrogens with zero attached hydrogens (tertiary/aromatic N) is 3. The van der Waals surface area contributed by atoms with Crippen LogP contribution in [0.1, 0.15) is 42.1 Å². The molecule has 1 amide bonds. The highest BCUT2D eigenvalue weighted by Gasteiger charge is 2.20. The molecule has 0 saturated heterocycles. The van der Waals surface area contributed by atoms with Gasteiger partial charge in [-0.3, -0.25) is 4.79 Å². The Bertz CT molecular complexity index is 408. The summed E-state index contributed by atoms with van der Waals surface area (Å²) >= 11 is 1.16. The van der Waals surface area contributed by atoms with Crippen molar-refractivity contribution in [2.75, 3.05) is 13.1 Å². The molecule has 0 saturated carbocycles. The lowest BCUT2D eigenvalue weighted by atomic mass is 10.2. The van der Waals surface area contributed by atoms with Gasteiger partial charge in [0.1, 0.15) is 4.88 Å². The molecule has 0 N–H and O–H groups in total. The standard InChI is InChI=1S/C12H17N3OS/c1-4-7-10-11(17-14-13-10)12(16)15(8-5-2)9-6-3/h2H,4,6-9H2,1,3H3. The van der Waals surface area contributed by atoms with Gasteiger partial charge in [-0.25, -0.2) is 0 Å². The van der Waals surface area contributed by atoms with Gasteiger partial charge < -0.3 is 4.90 Å². The topological polar surface area (TPSA) is 46.1 Å². The monoisotopic (exact) mass is 251 g/mol. The van der Waals surface area contributed by atoms with Gasteiger partial charge in [0.25, 0.3) is 5.91 Å². The van der Waals surface area contributed by atoms with Gasteiger partial charge in [0.15, 0.2) is 0 Å². The normalized spacial score (nSPS) is 9.94. The minimum Gasteiger partial charge on any atom is -0.327 e. The summed E-state index contributed by atoms with van der Waals surface area (Å²) in [5.41, 5.74) is 0.792. The molecule has 0 aromatic carbocycles. The molecule has 0 unspecified atom stereocenters. The van der Waals surface area contributed by atoms with Gasteiger partial charge >= 0.3 is 0 Å². The summed E-state index contributed by atoms with van der Waals surface area (Å²) in [7, 11) is 0. The third-order valence-electron chi connectivity index (χ3n) is 2.30. The second-order valence-electron chi connectivity index (χ2n) is 3.73. The number of hydrogen-bond donors (Lipinski definition) is 0. The summed E-state index contributed by atoms with van der Waals surface area (Å²) < 4.78 is 3.86. The fourth-order valence-electron chi connectivity index (χ4n) is 1.55. The van der Waals surface area contributed by atoms with Crippen LogP contribution in [0.5, 0.6) is 0 Å². The third kappa shape index (κ3) is 3.53. The van der Waals surface area contributed by atoms with Crippen LogP contribution in [-0.4, -0.2) is 33.5 Å². The van der Waals surface area contributed by atoms with Crippen LogP contribution >= 0.6 is 11.5 Å². The van der Waals surface area contributed by atoms with E-state index in [4.69, 9.17) is 6.42 Å². The first-order valence-electron chi connectivity index (χ1n) is 5.78. The first-order valence-corrected chi connectivity index (χ1v) is 6.55. The van der Waals surface area contributed by atoms with E-state index in [1.165, 1.54) is 0 Å². The highest BCUT2D eigenvalue weighted by atomic mass is 32.1. The van der Waals surface area contributed by atoms with Crippen molar-refractivity contribution in [1.29, 1.82) is 0 Å². The minimum atomic E-state index is -0.0387. The van der Waals surface area contributed by atoms with Crippen LogP contribution in [0, 0.1) is 12.3 Å². The summed E-state index contributed by atoms with van der Waals surface area (Å²) in [5, 5.41) is 4.00. The fraction of sp³-hybridized carbons (Fsp3) is 0.583. The van der Waals surface area contributed by atoms with Crippen molar-refractivity contribution in [1.82, 2.24) is 14.5 Å². The molecular weight excluding hydrogens is 234 g/mol. The van der Waals surface area contributed by atoms with Crippen LogP contribution in [0.4, 0.5) is 0 Å². The second-order valence-corrected chi connectivity index (χ2v) is 4.48. The van der Waals surface area contributed by atoms with E-state index < -0.39 is 0 Å². The van der Waals surface area contributed by atoms with Gasteiger partial charge in [0.2, 0.25) is 0 Å². The average Bonchev–Trinajstić information content (AvgIpc) is 2.77. The summed E-state index contributed by atoms with van der Waals surface area (Å²) in [6, 6.07) is 0. The summed E-state index contributed by atoms with van der Waals surface area (Å²) in [6.07, 6.45) is 7.91. The number of carbonyl (C=O) groups excluding carboxylic acids is 1. The molecule has 1 aromatic rings. The molecule has 1 heterocycles. The molecule has 0 atom stereocenters. The van der Waals surface area contributed by atoms with Gasteiger partial charge in [-0.1, -0.05) is 30.7 Å². The molecule has 0 aliphatic carbocycles. The van der Waals surface area contributed by atoms with Crippen LogP contribution in [0.25, 0.3) is 0 Å². The number of aryl methyl sites for hydroxylation is 1. The van der Waals surface area contributed by atoms with E-state index in [1.807, 2.05) is 6.92 Å². The molecule has 0 fully saturated rings. The Morgan fingerprint density at radius 2 is 2.24 bits per heavy atom. The predicted molar refractivity (Wildman–Crippen MR) is 68.9 cm³/mol. The van der Waals surface area contributed by atoms with E-state index in [2.05, 4.69) is 22.4 Å². The lowest BCUT2D eigenvalue weighted by molar-refractivity contribution is 0.0780. The Morgan fingerprint density at radius 3 is 2.82 bits per heavy atom. The van der Waals surface area contributed by atoms with Crippen LogP contribution in [0.3, 0.4) is 0 Å². The molecule has 0 aliphatic heterocycles. The smallest absolute Gasteiger partial charge is 0.268 e. The van der Waals surface area contributed by atoms with Gasteiger partial charge in [0.05, 0.1) is 12.2 Å². The fourth-order valence-corrected chi connectivity index (χ4v) is 2.22. The Hall–Kier alpha value is -1.41. The summed E-state index contributed by atoms with van der Waals surface area (Å²) in [5.74, 6) is 2.48. The van der Waals surface area contributed by atoms with Crippen molar-refractivity contribution < 1.29 is 4.79 Å². The molecule has 17 heavy (non-hydrogen) atoms. The van der Waals surface area contributed by atoms with E-state index in [-0.39, 0.29) is 5.91 Å². The molecule has 0 radical (unpaired) electrons. The van der Waals surface area contributed by atoms with Crippen molar-refractivity contribution in [3.63, 3.8) is 0 Å². The van der Waals surface area contributed by atoms with E-state index >= 15 is 0 Å². The predicted octanol–water partition coefficient (Wildman–Crippen LogP) is 1.98. The van der Waals surface area contributed by atoms with E-state index in [0.29, 0.717) is 18.0 Å². The number of aromatic nitrogens is 2. The zero-order chi connectivity index (χ0) is 12.7. The second kappa shape index (κ2) is 7.02. The lowest BCUT2D eigenvalue weighted by Gasteiger charge is -2.18. The highest BCUT2D eigenvalue weighted by Crippen LogP contribution is 2.15. The molecule has 4 nitrogen and oxygen atoms in total. The maximum absolute atomic E-state index is 12.2. The van der Waals surface area contributed by atoms with Gasteiger partial charge in [-0.05, 0) is 24.4 Å². The van der Waals surface area contributed by atoms with Crippen molar-refractivity contribution in [2.45, 2.75) is 33.1 Å². The maximum atomic E-state index is 12.2. The maximum Gasteiger partial charge on any atom is 0.268 e.